The Labute approximate surface area is 220 Å². The Bertz CT molecular complexity index is 1600. The van der Waals surface area contributed by atoms with E-state index in [0.717, 1.165) is 12.1 Å². The minimum absolute atomic E-state index is 0.0187. The molecule has 3 aromatic heterocycles. The summed E-state index contributed by atoms with van der Waals surface area (Å²) in [5, 5.41) is 21.8. The van der Waals surface area contributed by atoms with E-state index >= 15 is 8.78 Å². The highest BCUT2D eigenvalue weighted by molar-refractivity contribution is 5.88. The van der Waals surface area contributed by atoms with Crippen LogP contribution in [-0.2, 0) is 24.4 Å². The van der Waals surface area contributed by atoms with Crippen LogP contribution in [0.5, 0.6) is 0 Å². The molecule has 1 saturated heterocycles. The zero-order chi connectivity index (χ0) is 28.3. The number of fused-ring (bicyclic) bond motifs is 1. The van der Waals surface area contributed by atoms with Gasteiger partial charge in [0, 0.05) is 50.3 Å². The van der Waals surface area contributed by atoms with Gasteiger partial charge in [0.2, 0.25) is 5.95 Å². The van der Waals surface area contributed by atoms with E-state index < -0.39 is 28.9 Å². The van der Waals surface area contributed by atoms with Crippen LogP contribution in [0.2, 0.25) is 0 Å². The van der Waals surface area contributed by atoms with Crippen LogP contribution < -0.4 is 4.90 Å². The highest BCUT2D eigenvalue weighted by Gasteiger charge is 2.41. The summed E-state index contributed by atoms with van der Waals surface area (Å²) in [4.78, 5) is 5.90. The number of pyridine rings is 1. The van der Waals surface area contributed by atoms with E-state index in [1.807, 2.05) is 6.07 Å². The van der Waals surface area contributed by atoms with Crippen LogP contribution in [0.3, 0.4) is 0 Å². The van der Waals surface area contributed by atoms with E-state index in [0.29, 0.717) is 0 Å². The van der Waals surface area contributed by atoms with Gasteiger partial charge in [-0.05, 0) is 39.0 Å². The number of halogens is 5. The molecule has 4 heterocycles. The third-order valence-electron chi connectivity index (χ3n) is 6.96. The summed E-state index contributed by atoms with van der Waals surface area (Å²) in [6.07, 6.45) is -2.07. The zero-order valence-electron chi connectivity index (χ0n) is 21.7. The lowest BCUT2D eigenvalue weighted by Gasteiger charge is -2.38. The largest absolute Gasteiger partial charge is 0.416 e. The molecule has 0 N–H and O–H groups in total. The van der Waals surface area contributed by atoms with Gasteiger partial charge in [-0.15, -0.1) is 15.3 Å². The maximum atomic E-state index is 15.8. The first kappa shape index (κ1) is 26.5. The fourth-order valence-electron chi connectivity index (χ4n) is 4.97. The van der Waals surface area contributed by atoms with Crippen LogP contribution in [0.4, 0.5) is 27.6 Å². The van der Waals surface area contributed by atoms with Crippen LogP contribution in [0.1, 0.15) is 50.6 Å². The first-order valence-electron chi connectivity index (χ1n) is 12.2. The molecule has 13 heteroatoms. The van der Waals surface area contributed by atoms with Crippen molar-refractivity contribution in [3.8, 4) is 17.2 Å². The molecule has 0 radical (unpaired) electrons. The van der Waals surface area contributed by atoms with Gasteiger partial charge in [-0.2, -0.15) is 22.8 Å². The van der Waals surface area contributed by atoms with Gasteiger partial charge in [-0.25, -0.2) is 14.1 Å². The molecule has 1 aromatic carbocycles. The number of anilines is 1. The Morgan fingerprint density at radius 3 is 2.33 bits per heavy atom. The number of hydrogen-bond donors (Lipinski definition) is 0. The average molecular weight is 545 g/mol. The topological polar surface area (TPSA) is 88.4 Å². The van der Waals surface area contributed by atoms with Crippen molar-refractivity contribution in [3.05, 3.63) is 53.6 Å². The van der Waals surface area contributed by atoms with Gasteiger partial charge < -0.3 is 9.47 Å². The van der Waals surface area contributed by atoms with E-state index in [1.54, 1.807) is 32.7 Å². The van der Waals surface area contributed by atoms with E-state index in [4.69, 9.17) is 0 Å². The van der Waals surface area contributed by atoms with Crippen LogP contribution in [0.25, 0.3) is 22.2 Å². The molecule has 0 saturated carbocycles. The van der Waals surface area contributed by atoms with Gasteiger partial charge in [-0.1, -0.05) is 0 Å². The molecule has 204 valence electrons. The van der Waals surface area contributed by atoms with Crippen LogP contribution in [0, 0.1) is 17.3 Å². The molecule has 8 nitrogen and oxygen atoms in total. The minimum Gasteiger partial charge on any atom is -0.370 e. The fraction of sp³-hybridized carbons (Fsp3) is 0.423. The van der Waals surface area contributed by atoms with Crippen molar-refractivity contribution in [2.75, 3.05) is 18.0 Å². The van der Waals surface area contributed by atoms with Gasteiger partial charge in [-0.3, -0.25) is 0 Å². The first-order valence-corrected chi connectivity index (χ1v) is 12.2. The summed E-state index contributed by atoms with van der Waals surface area (Å²) in [6, 6.07) is 4.96. The molecular formula is C26H25F5N8. The molecular weight excluding hydrogens is 519 g/mol. The predicted octanol–water partition coefficient (Wildman–Crippen LogP) is 5.48. The van der Waals surface area contributed by atoms with Crippen molar-refractivity contribution >= 4 is 16.7 Å². The number of aryl methyl sites for hydroxylation is 1. The second-order valence-corrected chi connectivity index (χ2v) is 10.7. The summed E-state index contributed by atoms with van der Waals surface area (Å²) in [6.45, 7) is 5.48. The Hall–Kier alpha value is -4.08. The Morgan fingerprint density at radius 2 is 1.77 bits per heavy atom. The molecule has 0 aliphatic carbocycles. The lowest BCUT2D eigenvalue weighted by molar-refractivity contribution is -0.137. The van der Waals surface area contributed by atoms with Gasteiger partial charge in [0.1, 0.15) is 12.4 Å². The third kappa shape index (κ3) is 4.57. The summed E-state index contributed by atoms with van der Waals surface area (Å²) in [7, 11) is 1.63. The van der Waals surface area contributed by atoms with Gasteiger partial charge in [0.05, 0.1) is 27.7 Å². The molecule has 0 unspecified atom stereocenters. The molecule has 1 aliphatic rings. The van der Waals surface area contributed by atoms with Crippen molar-refractivity contribution in [2.45, 2.75) is 51.0 Å². The van der Waals surface area contributed by atoms with Crippen molar-refractivity contribution < 1.29 is 22.0 Å². The van der Waals surface area contributed by atoms with Gasteiger partial charge >= 0.3 is 6.18 Å². The summed E-state index contributed by atoms with van der Waals surface area (Å²) < 4.78 is 75.3. The van der Waals surface area contributed by atoms with Crippen LogP contribution in [0.15, 0.2) is 30.7 Å². The van der Waals surface area contributed by atoms with Crippen LogP contribution in [-0.4, -0.2) is 42.6 Å². The molecule has 5 rings (SSSR count). The molecule has 39 heavy (non-hydrogen) atoms. The smallest absolute Gasteiger partial charge is 0.370 e. The van der Waals surface area contributed by atoms with Crippen molar-refractivity contribution in [3.63, 3.8) is 0 Å². The molecule has 0 amide bonds. The van der Waals surface area contributed by atoms with Crippen LogP contribution >= 0.6 is 0 Å². The SMILES string of the molecule is Cn1cnnc1C1(F)CCN(c2c(C#N)cc(C(F)(F)F)cc2-c2cnc3nn(C(C)(C)C)c(F)c3c2)CC1. The lowest BCUT2D eigenvalue weighted by Crippen LogP contribution is -2.42. The van der Waals surface area contributed by atoms with Crippen molar-refractivity contribution in [1.29, 1.82) is 5.26 Å². The molecule has 0 spiro atoms. The second-order valence-electron chi connectivity index (χ2n) is 10.7. The highest BCUT2D eigenvalue weighted by Crippen LogP contribution is 2.44. The third-order valence-corrected chi connectivity index (χ3v) is 6.96. The second kappa shape index (κ2) is 9.00. The van der Waals surface area contributed by atoms with Gasteiger partial charge in [0.25, 0.3) is 0 Å². The normalized spacial score (nSPS) is 16.1. The highest BCUT2D eigenvalue weighted by atomic mass is 19.4. The molecule has 1 aliphatic heterocycles. The molecule has 1 fully saturated rings. The number of aromatic nitrogens is 6. The molecule has 0 atom stereocenters. The number of nitrogens with zero attached hydrogens (tertiary/aromatic N) is 8. The zero-order valence-corrected chi connectivity index (χ0v) is 21.7. The predicted molar refractivity (Wildman–Crippen MR) is 133 cm³/mol. The van der Waals surface area contributed by atoms with Crippen molar-refractivity contribution in [1.82, 2.24) is 29.5 Å². The number of piperidine rings is 1. The lowest BCUT2D eigenvalue weighted by atomic mass is 9.90. The van der Waals surface area contributed by atoms with Crippen molar-refractivity contribution in [2.24, 2.45) is 7.05 Å². The quantitative estimate of drug-likeness (QED) is 0.318. The summed E-state index contributed by atoms with van der Waals surface area (Å²) in [5.41, 5.74) is -3.21. The molecule has 4 aromatic rings. The maximum absolute atomic E-state index is 15.8. The standard InChI is InChI=1S/C26H25F5N8/c1-24(2,3)39-21(27)19-10-16(13-33-22(19)36-39)18-11-17(26(29,30)31)9-15(12-32)20(18)38-7-5-25(28,6-8-38)23-35-34-14-37(23)4/h9-11,13-14H,5-8H2,1-4H3. The Morgan fingerprint density at radius 1 is 1.08 bits per heavy atom. The van der Waals surface area contributed by atoms with E-state index in [2.05, 4.69) is 20.3 Å². The first-order chi connectivity index (χ1) is 18.2. The molecule has 0 bridgehead atoms. The fourth-order valence-corrected chi connectivity index (χ4v) is 4.97. The number of benzene rings is 1. The number of alkyl halides is 4. The Kier molecular flexibility index (Phi) is 6.12. The summed E-state index contributed by atoms with van der Waals surface area (Å²) in [5.74, 6) is -0.513. The number of nitriles is 1. The van der Waals surface area contributed by atoms with E-state index in [1.165, 1.54) is 27.8 Å². The van der Waals surface area contributed by atoms with Gasteiger partial charge in [0.15, 0.2) is 17.1 Å². The number of hydrogen-bond acceptors (Lipinski definition) is 6. The number of rotatable bonds is 3. The van der Waals surface area contributed by atoms with E-state index in [9.17, 15) is 18.4 Å². The van der Waals surface area contributed by atoms with E-state index in [-0.39, 0.29) is 65.2 Å². The Balaban J connectivity index is 1.64. The monoisotopic (exact) mass is 544 g/mol. The summed E-state index contributed by atoms with van der Waals surface area (Å²) >= 11 is 0. The average Bonchev–Trinajstić information content (AvgIpc) is 3.46. The maximum Gasteiger partial charge on any atom is 0.416 e. The minimum atomic E-state index is -4.74.